The summed E-state index contributed by atoms with van der Waals surface area (Å²) in [7, 11) is 0. The number of carbonyl (C=O) groups excluding carboxylic acids is 1. The van der Waals surface area contributed by atoms with Crippen molar-refractivity contribution in [1.82, 2.24) is 20.1 Å². The lowest BCUT2D eigenvalue weighted by atomic mass is 9.86. The van der Waals surface area contributed by atoms with Crippen molar-refractivity contribution in [3.05, 3.63) is 45.9 Å². The van der Waals surface area contributed by atoms with E-state index in [0.717, 1.165) is 19.0 Å². The smallest absolute Gasteiger partial charge is 0.418 e. The molecule has 2 aromatic heterocycles. The number of piperidine rings is 1. The lowest BCUT2D eigenvalue weighted by Crippen LogP contribution is -2.52. The van der Waals surface area contributed by atoms with E-state index >= 15 is 0 Å². The van der Waals surface area contributed by atoms with E-state index in [-0.39, 0.29) is 24.5 Å². The number of halogens is 5. The molecule has 3 heterocycles. The van der Waals surface area contributed by atoms with Gasteiger partial charge in [0.25, 0.3) is 11.5 Å². The van der Waals surface area contributed by atoms with Crippen LogP contribution in [0.5, 0.6) is 5.88 Å². The molecule has 1 aliphatic heterocycles. The van der Waals surface area contributed by atoms with Gasteiger partial charge in [0.15, 0.2) is 11.9 Å². The van der Waals surface area contributed by atoms with E-state index in [2.05, 4.69) is 15.5 Å². The number of aromatic amines is 1. The first-order chi connectivity index (χ1) is 17.3. The number of carbonyl (C=O) groups is 1. The summed E-state index contributed by atoms with van der Waals surface area (Å²) in [5, 5.41) is 19.8. The summed E-state index contributed by atoms with van der Waals surface area (Å²) in [6.07, 6.45) is -5.81. The van der Waals surface area contributed by atoms with E-state index < -0.39 is 53.6 Å². The van der Waals surface area contributed by atoms with Crippen LogP contribution in [0.25, 0.3) is 0 Å². The average molecular weight is 531 g/mol. The van der Waals surface area contributed by atoms with Crippen LogP contribution in [0.15, 0.2) is 29.2 Å². The molecule has 2 aliphatic rings. The summed E-state index contributed by atoms with van der Waals surface area (Å²) in [6, 6.07) is 2.80. The van der Waals surface area contributed by atoms with Crippen molar-refractivity contribution in [1.29, 1.82) is 0 Å². The Labute approximate surface area is 208 Å². The van der Waals surface area contributed by atoms with Gasteiger partial charge in [-0.05, 0) is 43.4 Å². The third-order valence-corrected chi connectivity index (χ3v) is 6.60. The van der Waals surface area contributed by atoms with Crippen LogP contribution in [-0.4, -0.2) is 68.9 Å². The third-order valence-electron chi connectivity index (χ3n) is 6.60. The van der Waals surface area contributed by atoms with E-state index in [0.29, 0.717) is 24.5 Å². The molecule has 4 rings (SSSR count). The van der Waals surface area contributed by atoms with Crippen LogP contribution in [0, 0.1) is 5.92 Å². The maximum absolute atomic E-state index is 14.8. The van der Waals surface area contributed by atoms with Gasteiger partial charge in [0.2, 0.25) is 11.8 Å². The maximum Gasteiger partial charge on any atom is 0.418 e. The molecule has 1 amide bonds. The summed E-state index contributed by atoms with van der Waals surface area (Å²) in [6.45, 7) is 1.51. The largest absolute Gasteiger partial charge is 0.476 e. The fourth-order valence-corrected chi connectivity index (χ4v) is 4.07. The number of hydrogen-bond acceptors (Lipinski definition) is 7. The second-order valence-electron chi connectivity index (χ2n) is 9.40. The van der Waals surface area contributed by atoms with Crippen molar-refractivity contribution in [2.75, 3.05) is 25.0 Å². The van der Waals surface area contributed by atoms with Gasteiger partial charge in [-0.3, -0.25) is 14.5 Å². The molecule has 1 saturated heterocycles. The average Bonchev–Trinajstić information content (AvgIpc) is 3.67. The van der Waals surface area contributed by atoms with Crippen molar-refractivity contribution >= 4 is 11.7 Å². The molecule has 1 aliphatic carbocycles. The maximum atomic E-state index is 14.8. The molecule has 2 fully saturated rings. The molecular weight excluding hydrogens is 505 g/mol. The molecular formula is C23H26F5N5O4. The van der Waals surface area contributed by atoms with Gasteiger partial charge in [-0.1, -0.05) is 0 Å². The number of aliphatic hydroxyl groups excluding tert-OH is 1. The predicted octanol–water partition coefficient (Wildman–Crippen LogP) is 3.00. The highest BCUT2D eigenvalue weighted by molar-refractivity contribution is 5.93. The topological polar surface area (TPSA) is 120 Å². The molecule has 0 spiro atoms. The van der Waals surface area contributed by atoms with E-state index in [9.17, 15) is 36.6 Å². The van der Waals surface area contributed by atoms with Gasteiger partial charge in [0, 0.05) is 31.8 Å². The first-order valence-corrected chi connectivity index (χ1v) is 11.7. The fraction of sp³-hybridized carbons (Fsp3) is 0.565. The second-order valence-corrected chi connectivity index (χ2v) is 9.40. The molecule has 37 heavy (non-hydrogen) atoms. The standard InChI is InChI=1S/C23H26F5N5O4/c1-12(20(35)30-17-4-5-18(32-31-17)37-11-13-2-3-13)33-7-6-22(24,25)16(10-33)14-8-15(21(36)29-9-14)19(34)23(26,27)28/h4-5,8-9,12-13,16,19,34H,2-3,6-7,10-11H2,1H3,(H,29,36)(H,30,31,35)/t12?,16-,19-/m1/s1. The minimum Gasteiger partial charge on any atom is -0.476 e. The number of likely N-dealkylation sites (tertiary alicyclic amines) is 1. The molecule has 2 aromatic rings. The number of alkyl halides is 5. The Kier molecular flexibility index (Phi) is 7.51. The summed E-state index contributed by atoms with van der Waals surface area (Å²) >= 11 is 0. The van der Waals surface area contributed by atoms with Gasteiger partial charge in [-0.25, -0.2) is 8.78 Å². The normalized spacial score (nSPS) is 21.8. The van der Waals surface area contributed by atoms with Crippen LogP contribution in [-0.2, 0) is 4.79 Å². The van der Waals surface area contributed by atoms with Crippen LogP contribution in [0.3, 0.4) is 0 Å². The Morgan fingerprint density at radius 1 is 1.32 bits per heavy atom. The number of nitrogens with zero attached hydrogens (tertiary/aromatic N) is 3. The Morgan fingerprint density at radius 3 is 2.68 bits per heavy atom. The van der Waals surface area contributed by atoms with E-state index in [4.69, 9.17) is 4.74 Å². The van der Waals surface area contributed by atoms with Crippen molar-refractivity contribution in [3.63, 3.8) is 0 Å². The van der Waals surface area contributed by atoms with Crippen molar-refractivity contribution in [2.24, 2.45) is 5.92 Å². The number of hydrogen-bond donors (Lipinski definition) is 3. The fourth-order valence-electron chi connectivity index (χ4n) is 4.07. The van der Waals surface area contributed by atoms with Gasteiger partial charge in [-0.2, -0.15) is 13.2 Å². The summed E-state index contributed by atoms with van der Waals surface area (Å²) in [4.78, 5) is 28.1. The van der Waals surface area contributed by atoms with Crippen LogP contribution in [0.1, 0.15) is 49.3 Å². The zero-order chi connectivity index (χ0) is 27.0. The number of anilines is 1. The van der Waals surface area contributed by atoms with Crippen LogP contribution >= 0.6 is 0 Å². The number of aromatic nitrogens is 3. The van der Waals surface area contributed by atoms with Gasteiger partial charge in [0.05, 0.1) is 24.1 Å². The first kappa shape index (κ1) is 26.9. The van der Waals surface area contributed by atoms with Crippen LogP contribution in [0.4, 0.5) is 27.8 Å². The molecule has 3 N–H and O–H groups in total. The molecule has 9 nitrogen and oxygen atoms in total. The molecule has 1 saturated carbocycles. The Bertz CT molecular complexity index is 1170. The molecule has 14 heteroatoms. The molecule has 3 atom stereocenters. The van der Waals surface area contributed by atoms with Crippen molar-refractivity contribution < 1.29 is 36.6 Å². The minimum absolute atomic E-state index is 0.140. The summed E-state index contributed by atoms with van der Waals surface area (Å²) in [5.41, 5.74) is -2.60. The predicted molar refractivity (Wildman–Crippen MR) is 120 cm³/mol. The molecule has 0 radical (unpaired) electrons. The second kappa shape index (κ2) is 10.3. The lowest BCUT2D eigenvalue weighted by Gasteiger charge is -2.40. The summed E-state index contributed by atoms with van der Waals surface area (Å²) < 4.78 is 74.0. The number of H-pyrrole nitrogens is 1. The highest BCUT2D eigenvalue weighted by Gasteiger charge is 2.47. The molecule has 1 unspecified atom stereocenters. The number of ether oxygens (including phenoxy) is 1. The van der Waals surface area contributed by atoms with Gasteiger partial charge >= 0.3 is 6.18 Å². The van der Waals surface area contributed by atoms with Crippen molar-refractivity contribution in [2.45, 2.75) is 56.3 Å². The molecule has 202 valence electrons. The lowest BCUT2D eigenvalue weighted by molar-refractivity contribution is -0.207. The van der Waals surface area contributed by atoms with Crippen LogP contribution in [0.2, 0.25) is 0 Å². The van der Waals surface area contributed by atoms with Crippen molar-refractivity contribution in [3.8, 4) is 5.88 Å². The zero-order valence-corrected chi connectivity index (χ0v) is 19.8. The van der Waals surface area contributed by atoms with Crippen LogP contribution < -0.4 is 15.6 Å². The number of pyridine rings is 1. The van der Waals surface area contributed by atoms with Gasteiger partial charge in [-0.15, -0.1) is 10.2 Å². The quantitative estimate of drug-likeness (QED) is 0.448. The molecule has 0 bridgehead atoms. The minimum atomic E-state index is -5.15. The highest BCUT2D eigenvalue weighted by Crippen LogP contribution is 2.41. The Balaban J connectivity index is 1.44. The van der Waals surface area contributed by atoms with E-state index in [1.165, 1.54) is 17.9 Å². The summed E-state index contributed by atoms with van der Waals surface area (Å²) in [5.74, 6) is -4.52. The third kappa shape index (κ3) is 6.42. The number of nitrogens with one attached hydrogen (secondary N) is 2. The number of amides is 1. The van der Waals surface area contributed by atoms with E-state index in [1.54, 1.807) is 6.07 Å². The highest BCUT2D eigenvalue weighted by atomic mass is 19.4. The SMILES string of the molecule is CC(C(=O)Nc1ccc(OCC2CC2)nn1)N1CCC(F)(F)[C@@H](c2c[nH]c(=O)c([C@@H](O)C(F)(F)F)c2)C1. The number of aliphatic hydroxyl groups is 1. The monoisotopic (exact) mass is 531 g/mol. The Morgan fingerprint density at radius 2 is 2.05 bits per heavy atom. The van der Waals surface area contributed by atoms with Gasteiger partial charge < -0.3 is 20.1 Å². The van der Waals surface area contributed by atoms with E-state index in [1.807, 2.05) is 4.98 Å². The Hall–Kier alpha value is -3.13. The molecule has 0 aromatic carbocycles. The number of rotatable bonds is 8. The van der Waals surface area contributed by atoms with Gasteiger partial charge in [0.1, 0.15) is 0 Å². The first-order valence-electron chi connectivity index (χ1n) is 11.7. The zero-order valence-electron chi connectivity index (χ0n) is 19.8.